The average molecular weight is 316 g/mol. The highest BCUT2D eigenvalue weighted by atomic mass is 32.2. The SMILES string of the molecule is CC(=O)OC1CCc2c(SCc3ccccc3)cc(F)cc21. The van der Waals surface area contributed by atoms with Gasteiger partial charge in [-0.3, -0.25) is 4.79 Å². The maximum atomic E-state index is 13.9. The molecule has 114 valence electrons. The fraction of sp³-hybridized carbons (Fsp3) is 0.278. The number of hydrogen-bond donors (Lipinski definition) is 0. The number of hydrogen-bond acceptors (Lipinski definition) is 3. The molecule has 0 amide bonds. The number of ether oxygens (including phenoxy) is 1. The van der Waals surface area contributed by atoms with Crippen LogP contribution in [0.15, 0.2) is 47.4 Å². The lowest BCUT2D eigenvalue weighted by atomic mass is 10.1. The Labute approximate surface area is 133 Å². The first-order chi connectivity index (χ1) is 10.6. The molecule has 4 heteroatoms. The first-order valence-corrected chi connectivity index (χ1v) is 8.28. The van der Waals surface area contributed by atoms with Crippen LogP contribution in [0.2, 0.25) is 0 Å². The molecule has 1 aliphatic rings. The van der Waals surface area contributed by atoms with Crippen molar-refractivity contribution in [1.82, 2.24) is 0 Å². The molecular formula is C18H17FO2S. The normalized spacial score (nSPS) is 16.4. The van der Waals surface area contributed by atoms with E-state index in [1.807, 2.05) is 18.2 Å². The summed E-state index contributed by atoms with van der Waals surface area (Å²) in [7, 11) is 0. The van der Waals surface area contributed by atoms with E-state index < -0.39 is 0 Å². The summed E-state index contributed by atoms with van der Waals surface area (Å²) in [6.45, 7) is 1.39. The van der Waals surface area contributed by atoms with Crippen LogP contribution in [0.4, 0.5) is 4.39 Å². The maximum absolute atomic E-state index is 13.9. The number of carbonyl (C=O) groups is 1. The van der Waals surface area contributed by atoms with Crippen molar-refractivity contribution in [2.45, 2.75) is 36.5 Å². The molecule has 0 radical (unpaired) electrons. The summed E-state index contributed by atoms with van der Waals surface area (Å²) in [5.41, 5.74) is 3.15. The number of rotatable bonds is 4. The van der Waals surface area contributed by atoms with Crippen molar-refractivity contribution >= 4 is 17.7 Å². The van der Waals surface area contributed by atoms with Crippen LogP contribution in [-0.4, -0.2) is 5.97 Å². The smallest absolute Gasteiger partial charge is 0.303 e. The van der Waals surface area contributed by atoms with E-state index in [9.17, 15) is 9.18 Å². The van der Waals surface area contributed by atoms with E-state index >= 15 is 0 Å². The van der Waals surface area contributed by atoms with Gasteiger partial charge in [-0.25, -0.2) is 4.39 Å². The van der Waals surface area contributed by atoms with Gasteiger partial charge >= 0.3 is 5.97 Å². The average Bonchev–Trinajstić information content (AvgIpc) is 2.88. The Morgan fingerprint density at radius 1 is 1.32 bits per heavy atom. The molecule has 1 atom stereocenters. The van der Waals surface area contributed by atoms with E-state index in [0.29, 0.717) is 0 Å². The first kappa shape index (κ1) is 15.1. The monoisotopic (exact) mass is 316 g/mol. The van der Waals surface area contributed by atoms with Gasteiger partial charge in [0.05, 0.1) is 0 Å². The van der Waals surface area contributed by atoms with Crippen molar-refractivity contribution < 1.29 is 13.9 Å². The number of fused-ring (bicyclic) bond motifs is 1. The highest BCUT2D eigenvalue weighted by molar-refractivity contribution is 7.98. The van der Waals surface area contributed by atoms with Crippen molar-refractivity contribution in [3.8, 4) is 0 Å². The van der Waals surface area contributed by atoms with E-state index in [2.05, 4.69) is 12.1 Å². The molecule has 3 rings (SSSR count). The van der Waals surface area contributed by atoms with Crippen LogP contribution in [0.3, 0.4) is 0 Å². The lowest BCUT2D eigenvalue weighted by molar-refractivity contribution is -0.146. The number of halogens is 1. The Kier molecular flexibility index (Phi) is 4.48. The van der Waals surface area contributed by atoms with Crippen molar-refractivity contribution in [2.75, 3.05) is 0 Å². The molecule has 1 unspecified atom stereocenters. The maximum Gasteiger partial charge on any atom is 0.303 e. The topological polar surface area (TPSA) is 26.3 Å². The number of thioether (sulfide) groups is 1. The Morgan fingerprint density at radius 3 is 2.82 bits per heavy atom. The standard InChI is InChI=1S/C18H17FO2S/c1-12(20)21-17-8-7-15-16(17)9-14(19)10-18(15)22-11-13-5-3-2-4-6-13/h2-6,9-10,17H,7-8,11H2,1H3. The summed E-state index contributed by atoms with van der Waals surface area (Å²) in [6, 6.07) is 13.2. The minimum atomic E-state index is -0.319. The zero-order valence-electron chi connectivity index (χ0n) is 12.3. The zero-order chi connectivity index (χ0) is 15.5. The molecular weight excluding hydrogens is 299 g/mol. The van der Waals surface area contributed by atoms with Crippen molar-refractivity contribution in [3.05, 3.63) is 65.0 Å². The molecule has 0 aliphatic heterocycles. The molecule has 0 spiro atoms. The summed E-state index contributed by atoms with van der Waals surface area (Å²) < 4.78 is 19.2. The van der Waals surface area contributed by atoms with Crippen molar-refractivity contribution in [2.24, 2.45) is 0 Å². The van der Waals surface area contributed by atoms with E-state index in [-0.39, 0.29) is 17.9 Å². The van der Waals surface area contributed by atoms with Gasteiger partial charge in [-0.05, 0) is 41.7 Å². The van der Waals surface area contributed by atoms with E-state index in [0.717, 1.165) is 34.6 Å². The van der Waals surface area contributed by atoms with E-state index in [1.165, 1.54) is 18.6 Å². The first-order valence-electron chi connectivity index (χ1n) is 7.30. The molecule has 0 aromatic heterocycles. The largest absolute Gasteiger partial charge is 0.458 e. The molecule has 0 heterocycles. The minimum absolute atomic E-state index is 0.270. The third kappa shape index (κ3) is 3.33. The van der Waals surface area contributed by atoms with Gasteiger partial charge in [0.2, 0.25) is 0 Å². The van der Waals surface area contributed by atoms with Crippen LogP contribution in [0, 0.1) is 5.82 Å². The second kappa shape index (κ2) is 6.53. The highest BCUT2D eigenvalue weighted by Gasteiger charge is 2.28. The lowest BCUT2D eigenvalue weighted by Gasteiger charge is -2.13. The van der Waals surface area contributed by atoms with E-state index in [4.69, 9.17) is 4.74 Å². The van der Waals surface area contributed by atoms with Crippen LogP contribution in [0.1, 0.15) is 36.1 Å². The van der Waals surface area contributed by atoms with Crippen LogP contribution in [0.25, 0.3) is 0 Å². The molecule has 0 bridgehead atoms. The Bertz CT molecular complexity index is 685. The molecule has 22 heavy (non-hydrogen) atoms. The van der Waals surface area contributed by atoms with E-state index in [1.54, 1.807) is 17.8 Å². The molecule has 2 nitrogen and oxygen atoms in total. The summed E-state index contributed by atoms with van der Waals surface area (Å²) >= 11 is 1.63. The van der Waals surface area contributed by atoms with Gasteiger partial charge in [-0.2, -0.15) is 0 Å². The van der Waals surface area contributed by atoms with Gasteiger partial charge in [0.25, 0.3) is 0 Å². The third-order valence-corrected chi connectivity index (χ3v) is 4.91. The Morgan fingerprint density at radius 2 is 2.09 bits per heavy atom. The zero-order valence-corrected chi connectivity index (χ0v) is 13.2. The van der Waals surface area contributed by atoms with Crippen LogP contribution < -0.4 is 0 Å². The summed E-state index contributed by atoms with van der Waals surface area (Å²) in [6.07, 6.45) is 1.25. The Hall–Kier alpha value is -1.81. The van der Waals surface area contributed by atoms with Gasteiger partial charge in [-0.15, -0.1) is 11.8 Å². The quantitative estimate of drug-likeness (QED) is 0.606. The molecule has 0 fully saturated rings. The van der Waals surface area contributed by atoms with Crippen LogP contribution in [-0.2, 0) is 21.7 Å². The fourth-order valence-electron chi connectivity index (χ4n) is 2.80. The highest BCUT2D eigenvalue weighted by Crippen LogP contribution is 2.40. The molecule has 0 N–H and O–H groups in total. The third-order valence-electron chi connectivity index (χ3n) is 3.76. The van der Waals surface area contributed by atoms with Gasteiger partial charge in [0.1, 0.15) is 11.9 Å². The molecule has 1 aliphatic carbocycles. The Balaban J connectivity index is 1.82. The number of benzene rings is 2. The molecule has 2 aromatic carbocycles. The van der Waals surface area contributed by atoms with Crippen LogP contribution in [0.5, 0.6) is 0 Å². The number of esters is 1. The molecule has 2 aromatic rings. The molecule has 0 saturated heterocycles. The fourth-order valence-corrected chi connectivity index (χ4v) is 3.91. The predicted molar refractivity (Wildman–Crippen MR) is 85.2 cm³/mol. The van der Waals surface area contributed by atoms with Crippen LogP contribution >= 0.6 is 11.8 Å². The second-order valence-corrected chi connectivity index (χ2v) is 6.40. The summed E-state index contributed by atoms with van der Waals surface area (Å²) in [5, 5.41) is 0. The predicted octanol–water partition coefficient (Wildman–Crippen LogP) is 4.67. The van der Waals surface area contributed by atoms with Crippen molar-refractivity contribution in [3.63, 3.8) is 0 Å². The van der Waals surface area contributed by atoms with Gasteiger partial charge in [-0.1, -0.05) is 30.3 Å². The lowest BCUT2D eigenvalue weighted by Crippen LogP contribution is -2.05. The van der Waals surface area contributed by atoms with Crippen molar-refractivity contribution in [1.29, 1.82) is 0 Å². The van der Waals surface area contributed by atoms with Gasteiger partial charge in [0, 0.05) is 17.6 Å². The van der Waals surface area contributed by atoms with Gasteiger partial charge < -0.3 is 4.74 Å². The minimum Gasteiger partial charge on any atom is -0.458 e. The summed E-state index contributed by atoms with van der Waals surface area (Å²) in [4.78, 5) is 12.1. The molecule has 0 saturated carbocycles. The van der Waals surface area contributed by atoms with Gasteiger partial charge in [0.15, 0.2) is 0 Å². The second-order valence-electron chi connectivity index (χ2n) is 5.38. The number of carbonyl (C=O) groups excluding carboxylic acids is 1. The summed E-state index contributed by atoms with van der Waals surface area (Å²) in [5.74, 6) is 0.212.